The smallest absolute Gasteiger partial charge is 0.0767 e. The number of aryl methyl sites for hydroxylation is 1. The molecule has 3 nitrogen and oxygen atoms in total. The van der Waals surface area contributed by atoms with Gasteiger partial charge in [-0.2, -0.15) is 5.10 Å². The zero-order chi connectivity index (χ0) is 12.4. The molecule has 0 aliphatic rings. The van der Waals surface area contributed by atoms with Crippen LogP contribution in [0.25, 0.3) is 0 Å². The molecule has 0 saturated carbocycles. The van der Waals surface area contributed by atoms with Crippen molar-refractivity contribution in [3.05, 3.63) is 37.2 Å². The predicted molar refractivity (Wildman–Crippen MR) is 78.4 cm³/mol. The average molecular weight is 379 g/mol. The van der Waals surface area contributed by atoms with Crippen LogP contribution in [-0.4, -0.2) is 16.3 Å². The molecule has 2 rings (SSSR count). The second-order valence-electron chi connectivity index (χ2n) is 3.65. The van der Waals surface area contributed by atoms with Gasteiger partial charge in [0.25, 0.3) is 0 Å². The Morgan fingerprint density at radius 2 is 2.29 bits per heavy atom. The first-order chi connectivity index (χ1) is 8.13. The first kappa shape index (κ1) is 13.3. The van der Waals surface area contributed by atoms with Gasteiger partial charge in [-0.3, -0.25) is 4.68 Å². The molecule has 92 valence electrons. The van der Waals surface area contributed by atoms with Crippen molar-refractivity contribution < 1.29 is 0 Å². The maximum Gasteiger partial charge on any atom is 0.0767 e. The SMILES string of the molecule is CCNC(c1cc(Br)sc1Br)c1ccnn1C. The van der Waals surface area contributed by atoms with Gasteiger partial charge >= 0.3 is 0 Å². The van der Waals surface area contributed by atoms with Gasteiger partial charge in [0, 0.05) is 18.8 Å². The minimum Gasteiger partial charge on any atom is -0.305 e. The molecule has 0 spiro atoms. The first-order valence-electron chi connectivity index (χ1n) is 5.29. The zero-order valence-corrected chi connectivity index (χ0v) is 13.6. The van der Waals surface area contributed by atoms with Crippen molar-refractivity contribution in [3.8, 4) is 0 Å². The predicted octanol–water partition coefficient (Wildman–Crippen LogP) is 3.71. The number of nitrogens with zero attached hydrogens (tertiary/aromatic N) is 2. The van der Waals surface area contributed by atoms with Crippen molar-refractivity contribution in [3.63, 3.8) is 0 Å². The quantitative estimate of drug-likeness (QED) is 0.878. The lowest BCUT2D eigenvalue weighted by Gasteiger charge is -2.17. The van der Waals surface area contributed by atoms with Crippen LogP contribution in [0.15, 0.2) is 25.9 Å². The lowest BCUT2D eigenvalue weighted by Crippen LogP contribution is -2.24. The minimum atomic E-state index is 0.171. The third kappa shape index (κ3) is 2.81. The number of rotatable bonds is 4. The summed E-state index contributed by atoms with van der Waals surface area (Å²) in [6.45, 7) is 3.02. The summed E-state index contributed by atoms with van der Waals surface area (Å²) in [6.07, 6.45) is 1.83. The second-order valence-corrected chi connectivity index (χ2v) is 7.40. The molecule has 0 bridgehead atoms. The highest BCUT2D eigenvalue weighted by Gasteiger charge is 2.20. The highest BCUT2D eigenvalue weighted by Crippen LogP contribution is 2.37. The van der Waals surface area contributed by atoms with Gasteiger partial charge in [0.15, 0.2) is 0 Å². The number of aromatic nitrogens is 2. The van der Waals surface area contributed by atoms with E-state index in [4.69, 9.17) is 0 Å². The van der Waals surface area contributed by atoms with Gasteiger partial charge in [-0.25, -0.2) is 0 Å². The van der Waals surface area contributed by atoms with E-state index in [-0.39, 0.29) is 6.04 Å². The lowest BCUT2D eigenvalue weighted by atomic mass is 10.1. The van der Waals surface area contributed by atoms with Crippen molar-refractivity contribution >= 4 is 43.2 Å². The Kier molecular flexibility index (Phi) is 4.41. The Morgan fingerprint density at radius 1 is 1.53 bits per heavy atom. The molecule has 0 fully saturated rings. The van der Waals surface area contributed by atoms with Crippen LogP contribution >= 0.6 is 43.2 Å². The Morgan fingerprint density at radius 3 is 2.76 bits per heavy atom. The molecule has 6 heteroatoms. The van der Waals surface area contributed by atoms with E-state index >= 15 is 0 Å². The number of halogens is 2. The molecule has 0 aliphatic heterocycles. The zero-order valence-electron chi connectivity index (χ0n) is 9.58. The number of hydrogen-bond acceptors (Lipinski definition) is 3. The summed E-state index contributed by atoms with van der Waals surface area (Å²) in [5, 5.41) is 7.73. The van der Waals surface area contributed by atoms with Crippen molar-refractivity contribution in [1.29, 1.82) is 0 Å². The molecule has 0 amide bonds. The van der Waals surface area contributed by atoms with Crippen LogP contribution in [0, 0.1) is 0 Å². The second kappa shape index (κ2) is 5.65. The Hall–Kier alpha value is -0.170. The van der Waals surface area contributed by atoms with E-state index < -0.39 is 0 Å². The van der Waals surface area contributed by atoms with Crippen LogP contribution in [0.1, 0.15) is 24.2 Å². The van der Waals surface area contributed by atoms with Gasteiger partial charge in [-0.05, 0) is 50.5 Å². The van der Waals surface area contributed by atoms with Crippen LogP contribution in [0.4, 0.5) is 0 Å². The maximum absolute atomic E-state index is 4.23. The lowest BCUT2D eigenvalue weighted by molar-refractivity contribution is 0.572. The normalized spacial score (nSPS) is 12.9. The summed E-state index contributed by atoms with van der Waals surface area (Å²) in [6, 6.07) is 4.37. The van der Waals surface area contributed by atoms with E-state index in [0.29, 0.717) is 0 Å². The van der Waals surface area contributed by atoms with Gasteiger partial charge in [0.2, 0.25) is 0 Å². The third-order valence-electron chi connectivity index (χ3n) is 2.56. The van der Waals surface area contributed by atoms with Crippen LogP contribution in [0.3, 0.4) is 0 Å². The van der Waals surface area contributed by atoms with Gasteiger partial charge in [0.05, 0.1) is 19.3 Å². The highest BCUT2D eigenvalue weighted by molar-refractivity contribution is 9.12. The van der Waals surface area contributed by atoms with E-state index in [1.807, 2.05) is 24.0 Å². The molecule has 0 radical (unpaired) electrons. The number of hydrogen-bond donors (Lipinski definition) is 1. The average Bonchev–Trinajstić information content (AvgIpc) is 2.82. The van der Waals surface area contributed by atoms with Crippen LogP contribution < -0.4 is 5.32 Å². The maximum atomic E-state index is 4.23. The molecule has 17 heavy (non-hydrogen) atoms. The van der Waals surface area contributed by atoms with E-state index in [1.54, 1.807) is 11.3 Å². The van der Waals surface area contributed by atoms with E-state index in [9.17, 15) is 0 Å². The van der Waals surface area contributed by atoms with Gasteiger partial charge < -0.3 is 5.32 Å². The van der Waals surface area contributed by atoms with Crippen LogP contribution in [0.5, 0.6) is 0 Å². The largest absolute Gasteiger partial charge is 0.305 e. The molecule has 0 saturated heterocycles. The summed E-state index contributed by atoms with van der Waals surface area (Å²) < 4.78 is 4.19. The van der Waals surface area contributed by atoms with Crippen molar-refractivity contribution in [2.24, 2.45) is 7.05 Å². The van der Waals surface area contributed by atoms with Gasteiger partial charge in [0.1, 0.15) is 0 Å². The number of thiophene rings is 1. The number of nitrogens with one attached hydrogen (secondary N) is 1. The summed E-state index contributed by atoms with van der Waals surface area (Å²) in [5.74, 6) is 0. The summed E-state index contributed by atoms with van der Waals surface area (Å²) in [5.41, 5.74) is 2.41. The summed E-state index contributed by atoms with van der Waals surface area (Å²) in [4.78, 5) is 0. The molecule has 2 aromatic rings. The summed E-state index contributed by atoms with van der Waals surface area (Å²) in [7, 11) is 1.97. The highest BCUT2D eigenvalue weighted by atomic mass is 79.9. The fraction of sp³-hybridized carbons (Fsp3) is 0.364. The monoisotopic (exact) mass is 377 g/mol. The molecule has 2 aromatic heterocycles. The Bertz CT molecular complexity index is 507. The van der Waals surface area contributed by atoms with E-state index in [1.165, 1.54) is 5.56 Å². The van der Waals surface area contributed by atoms with E-state index in [2.05, 4.69) is 55.3 Å². The standard InChI is InChI=1S/C11H13Br2N3S/c1-3-14-10(8-4-5-15-16(8)2)7-6-9(12)17-11(7)13/h4-6,10,14H,3H2,1-2H3. The molecular weight excluding hydrogens is 366 g/mol. The van der Waals surface area contributed by atoms with Crippen LogP contribution in [0.2, 0.25) is 0 Å². The Labute approximate surface area is 121 Å². The topological polar surface area (TPSA) is 29.9 Å². The summed E-state index contributed by atoms with van der Waals surface area (Å²) >= 11 is 8.83. The molecule has 1 N–H and O–H groups in total. The first-order valence-corrected chi connectivity index (χ1v) is 7.69. The van der Waals surface area contributed by atoms with Crippen molar-refractivity contribution in [2.75, 3.05) is 6.54 Å². The molecule has 1 atom stereocenters. The fourth-order valence-corrected chi connectivity index (χ4v) is 4.70. The van der Waals surface area contributed by atoms with Crippen LogP contribution in [-0.2, 0) is 7.05 Å². The van der Waals surface area contributed by atoms with Gasteiger partial charge in [-0.15, -0.1) is 11.3 Å². The van der Waals surface area contributed by atoms with Crippen molar-refractivity contribution in [2.45, 2.75) is 13.0 Å². The molecule has 2 heterocycles. The van der Waals surface area contributed by atoms with Crippen molar-refractivity contribution in [1.82, 2.24) is 15.1 Å². The van der Waals surface area contributed by atoms with Gasteiger partial charge in [-0.1, -0.05) is 6.92 Å². The minimum absolute atomic E-state index is 0.171. The molecule has 1 unspecified atom stereocenters. The molecule has 0 aliphatic carbocycles. The molecular formula is C11H13Br2N3S. The third-order valence-corrected chi connectivity index (χ3v) is 4.94. The fourth-order valence-electron chi connectivity index (χ4n) is 1.80. The molecule has 0 aromatic carbocycles. The Balaban J connectivity index is 2.42. The van der Waals surface area contributed by atoms with E-state index in [0.717, 1.165) is 19.8 Å².